The van der Waals surface area contributed by atoms with Crippen molar-refractivity contribution < 1.29 is 9.53 Å². The van der Waals surface area contributed by atoms with E-state index in [9.17, 15) is 9.59 Å². The minimum Gasteiger partial charge on any atom is -0.492 e. The maximum Gasteiger partial charge on any atom is 0.276 e. The summed E-state index contributed by atoms with van der Waals surface area (Å²) in [5.74, 6) is 0.379. The molecule has 1 aliphatic carbocycles. The second-order valence-electron chi connectivity index (χ2n) is 8.76. The van der Waals surface area contributed by atoms with Crippen LogP contribution < -0.4 is 15.6 Å². The summed E-state index contributed by atoms with van der Waals surface area (Å²) in [5.41, 5.74) is 1.74. The van der Waals surface area contributed by atoms with Gasteiger partial charge in [0.25, 0.3) is 11.5 Å². The summed E-state index contributed by atoms with van der Waals surface area (Å²) in [6, 6.07) is 20.7. The number of aromatic nitrogens is 2. The average molecular weight is 461 g/mol. The first-order chi connectivity index (χ1) is 16.6. The molecular weight excluding hydrogens is 428 g/mol. The highest BCUT2D eigenvalue weighted by molar-refractivity contribution is 6.03. The number of anilines is 1. The molecule has 1 aliphatic rings. The molecule has 178 valence electrons. The van der Waals surface area contributed by atoms with Crippen molar-refractivity contribution in [1.29, 1.82) is 0 Å². The molecule has 0 aliphatic heterocycles. The van der Waals surface area contributed by atoms with Gasteiger partial charge in [0.15, 0.2) is 0 Å². The number of carbonyl (C=O) groups excluding carboxylic acids is 1. The van der Waals surface area contributed by atoms with Crippen LogP contribution in [0.5, 0.6) is 5.75 Å². The molecule has 0 unspecified atom stereocenters. The van der Waals surface area contributed by atoms with Crippen molar-refractivity contribution in [3.63, 3.8) is 0 Å². The van der Waals surface area contributed by atoms with Crippen molar-refractivity contribution in [2.75, 3.05) is 19.0 Å². The van der Waals surface area contributed by atoms with Crippen molar-refractivity contribution in [1.82, 2.24) is 14.7 Å². The number of rotatable bonds is 9. The molecule has 34 heavy (non-hydrogen) atoms. The van der Waals surface area contributed by atoms with Crippen LogP contribution >= 0.6 is 0 Å². The largest absolute Gasteiger partial charge is 0.492 e. The predicted octanol–water partition coefficient (Wildman–Crippen LogP) is 4.34. The first kappa shape index (κ1) is 23.7. The summed E-state index contributed by atoms with van der Waals surface area (Å²) in [5, 5.41) is 7.25. The minimum absolute atomic E-state index is 0.190. The van der Waals surface area contributed by atoms with E-state index in [2.05, 4.69) is 22.4 Å². The summed E-state index contributed by atoms with van der Waals surface area (Å²) in [6.45, 7) is 1.29. The van der Waals surface area contributed by atoms with Gasteiger partial charge < -0.3 is 10.1 Å². The topological polar surface area (TPSA) is 76.5 Å². The Morgan fingerprint density at radius 2 is 1.76 bits per heavy atom. The average Bonchev–Trinajstić information content (AvgIpc) is 2.87. The summed E-state index contributed by atoms with van der Waals surface area (Å²) < 4.78 is 6.92. The Morgan fingerprint density at radius 3 is 2.56 bits per heavy atom. The molecule has 4 rings (SSSR count). The third-order valence-corrected chi connectivity index (χ3v) is 6.30. The number of para-hydroxylation sites is 2. The molecule has 1 saturated carbocycles. The number of amides is 1. The van der Waals surface area contributed by atoms with Crippen molar-refractivity contribution in [3.8, 4) is 5.75 Å². The zero-order valence-corrected chi connectivity index (χ0v) is 19.7. The zero-order chi connectivity index (χ0) is 23.8. The van der Waals surface area contributed by atoms with E-state index >= 15 is 0 Å². The van der Waals surface area contributed by atoms with Gasteiger partial charge in [-0.1, -0.05) is 55.7 Å². The van der Waals surface area contributed by atoms with Gasteiger partial charge in [0.05, 0.1) is 6.54 Å². The molecular formula is C27H32N4O3. The Balaban J connectivity index is 1.40. The Morgan fingerprint density at radius 1 is 1.03 bits per heavy atom. The van der Waals surface area contributed by atoms with Gasteiger partial charge in [0.2, 0.25) is 0 Å². The molecule has 1 amide bonds. The summed E-state index contributed by atoms with van der Waals surface area (Å²) in [6.07, 6.45) is 6.34. The monoisotopic (exact) mass is 460 g/mol. The first-order valence-electron chi connectivity index (χ1n) is 12.0. The van der Waals surface area contributed by atoms with Gasteiger partial charge in [0.1, 0.15) is 18.1 Å². The lowest BCUT2D eigenvalue weighted by molar-refractivity contribution is 0.101. The Kier molecular flexibility index (Phi) is 8.09. The highest BCUT2D eigenvalue weighted by Crippen LogP contribution is 2.25. The van der Waals surface area contributed by atoms with E-state index in [-0.39, 0.29) is 30.3 Å². The fraction of sp³-hybridized carbons (Fsp3) is 0.370. The van der Waals surface area contributed by atoms with Crippen LogP contribution in [0.1, 0.15) is 48.2 Å². The van der Waals surface area contributed by atoms with Crippen molar-refractivity contribution in [2.24, 2.45) is 0 Å². The predicted molar refractivity (Wildman–Crippen MR) is 133 cm³/mol. The van der Waals surface area contributed by atoms with Crippen molar-refractivity contribution in [2.45, 2.75) is 51.2 Å². The summed E-state index contributed by atoms with van der Waals surface area (Å²) >= 11 is 0. The Bertz CT molecular complexity index is 1140. The lowest BCUT2D eigenvalue weighted by Crippen LogP contribution is -2.33. The zero-order valence-electron chi connectivity index (χ0n) is 19.7. The molecule has 0 radical (unpaired) electrons. The molecule has 0 saturated heterocycles. The van der Waals surface area contributed by atoms with E-state index in [1.807, 2.05) is 54.6 Å². The van der Waals surface area contributed by atoms with Gasteiger partial charge in [-0.25, -0.2) is 4.68 Å². The number of benzene rings is 2. The van der Waals surface area contributed by atoms with Crippen molar-refractivity contribution in [3.05, 3.63) is 88.3 Å². The molecule has 7 nitrogen and oxygen atoms in total. The van der Waals surface area contributed by atoms with Crippen LogP contribution in [0.25, 0.3) is 0 Å². The molecule has 1 heterocycles. The van der Waals surface area contributed by atoms with Gasteiger partial charge in [-0.15, -0.1) is 0 Å². The van der Waals surface area contributed by atoms with Gasteiger partial charge in [-0.05, 0) is 49.7 Å². The van der Waals surface area contributed by atoms with E-state index in [0.717, 1.165) is 23.5 Å². The van der Waals surface area contributed by atoms with Gasteiger partial charge in [-0.2, -0.15) is 5.10 Å². The van der Waals surface area contributed by atoms with Gasteiger partial charge in [-0.3, -0.25) is 14.5 Å². The van der Waals surface area contributed by atoms with Crippen LogP contribution in [0.15, 0.2) is 71.5 Å². The van der Waals surface area contributed by atoms with Gasteiger partial charge in [0, 0.05) is 24.3 Å². The Labute approximate surface area is 200 Å². The normalized spacial score (nSPS) is 14.2. The quantitative estimate of drug-likeness (QED) is 0.514. The lowest BCUT2D eigenvalue weighted by atomic mass is 9.94. The number of carbonyl (C=O) groups is 1. The number of nitrogens with one attached hydrogen (secondary N) is 1. The number of nitrogens with zero attached hydrogens (tertiary/aromatic N) is 3. The molecule has 1 N–H and O–H groups in total. The number of hydrogen-bond donors (Lipinski definition) is 1. The molecule has 0 atom stereocenters. The fourth-order valence-electron chi connectivity index (χ4n) is 4.38. The third kappa shape index (κ3) is 6.32. The Hall–Kier alpha value is -3.45. The highest BCUT2D eigenvalue weighted by Gasteiger charge is 2.19. The highest BCUT2D eigenvalue weighted by atomic mass is 16.5. The summed E-state index contributed by atoms with van der Waals surface area (Å²) in [4.78, 5) is 27.6. The number of hydrogen-bond acceptors (Lipinski definition) is 5. The van der Waals surface area contributed by atoms with Crippen LogP contribution in [0, 0.1) is 0 Å². The van der Waals surface area contributed by atoms with Crippen LogP contribution in [0.2, 0.25) is 0 Å². The molecule has 2 aromatic carbocycles. The SMILES string of the molecule is CN(Cc1ccccc1NC(=O)c1ccc(=O)n(CCOc2ccccc2)n1)C1CCCCC1. The molecule has 0 bridgehead atoms. The molecule has 1 aromatic heterocycles. The third-order valence-electron chi connectivity index (χ3n) is 6.30. The van der Waals surface area contributed by atoms with E-state index < -0.39 is 0 Å². The summed E-state index contributed by atoms with van der Waals surface area (Å²) in [7, 11) is 2.16. The van der Waals surface area contributed by atoms with E-state index in [0.29, 0.717) is 6.04 Å². The first-order valence-corrected chi connectivity index (χ1v) is 12.0. The second-order valence-corrected chi connectivity index (χ2v) is 8.76. The fourth-order valence-corrected chi connectivity index (χ4v) is 4.38. The minimum atomic E-state index is -0.342. The maximum atomic E-state index is 13.0. The van der Waals surface area contributed by atoms with Crippen LogP contribution in [0.4, 0.5) is 5.69 Å². The van der Waals surface area contributed by atoms with E-state index in [4.69, 9.17) is 4.74 Å². The standard InChI is InChI=1S/C27H32N4O3/c1-30(22-11-4-2-5-12-22)20-21-10-8-9-15-24(21)28-27(33)25-16-17-26(32)31(29-25)18-19-34-23-13-6-3-7-14-23/h3,6-10,13-17,22H,2,4-5,11-12,18-20H2,1H3,(H,28,33). The van der Waals surface area contributed by atoms with Gasteiger partial charge >= 0.3 is 0 Å². The maximum absolute atomic E-state index is 13.0. The lowest BCUT2D eigenvalue weighted by Gasteiger charge is -2.31. The smallest absolute Gasteiger partial charge is 0.276 e. The molecule has 1 fully saturated rings. The van der Waals surface area contributed by atoms with Crippen LogP contribution in [-0.4, -0.2) is 40.3 Å². The molecule has 7 heteroatoms. The van der Waals surface area contributed by atoms with Crippen LogP contribution in [0.3, 0.4) is 0 Å². The number of ether oxygens (including phenoxy) is 1. The molecule has 3 aromatic rings. The van der Waals surface area contributed by atoms with Crippen molar-refractivity contribution >= 4 is 11.6 Å². The van der Waals surface area contributed by atoms with Crippen LogP contribution in [-0.2, 0) is 13.1 Å². The molecule has 0 spiro atoms. The second kappa shape index (κ2) is 11.6. The van der Waals surface area contributed by atoms with E-state index in [1.165, 1.54) is 48.9 Å². The van der Waals surface area contributed by atoms with E-state index in [1.54, 1.807) is 0 Å².